The van der Waals surface area contributed by atoms with Gasteiger partial charge in [0.1, 0.15) is 0 Å². The summed E-state index contributed by atoms with van der Waals surface area (Å²) in [6.07, 6.45) is 1.12. The van der Waals surface area contributed by atoms with Gasteiger partial charge in [0, 0.05) is 6.42 Å². The quantitative estimate of drug-likeness (QED) is 0.553. The number of Topliss-reactive ketones (excluding diaryl/α,β-unsaturated/α-hetero) is 1. The van der Waals surface area contributed by atoms with Crippen molar-refractivity contribution in [1.29, 1.82) is 0 Å². The zero-order valence-electron chi connectivity index (χ0n) is 7.45. The van der Waals surface area contributed by atoms with Gasteiger partial charge in [-0.3, -0.25) is 4.79 Å². The van der Waals surface area contributed by atoms with E-state index >= 15 is 0 Å². The second kappa shape index (κ2) is 3.94. The summed E-state index contributed by atoms with van der Waals surface area (Å²) in [6, 6.07) is 4.39. The number of aromatic hydroxyl groups is 2. The predicted molar refractivity (Wildman–Crippen MR) is 49.0 cm³/mol. The van der Waals surface area contributed by atoms with Crippen LogP contribution in [0.1, 0.15) is 30.1 Å². The molecule has 0 aliphatic carbocycles. The van der Waals surface area contributed by atoms with E-state index < -0.39 is 0 Å². The maximum Gasteiger partial charge on any atom is 0.168 e. The first-order valence-electron chi connectivity index (χ1n) is 4.21. The van der Waals surface area contributed by atoms with Crippen molar-refractivity contribution in [2.75, 3.05) is 0 Å². The van der Waals surface area contributed by atoms with E-state index in [-0.39, 0.29) is 22.8 Å². The van der Waals surface area contributed by atoms with Gasteiger partial charge in [-0.25, -0.2) is 0 Å². The summed E-state index contributed by atoms with van der Waals surface area (Å²) in [4.78, 5) is 11.3. The Balaban J connectivity index is 3.01. The number of hydrogen-bond acceptors (Lipinski definition) is 3. The van der Waals surface area contributed by atoms with Crippen LogP contribution in [-0.2, 0) is 0 Å². The molecule has 0 saturated carbocycles. The second-order valence-electron chi connectivity index (χ2n) is 2.85. The Bertz CT molecular complexity index is 318. The third kappa shape index (κ3) is 1.99. The number of carbonyl (C=O) groups is 1. The molecule has 0 atom stereocenters. The molecule has 0 saturated heterocycles. The van der Waals surface area contributed by atoms with E-state index in [9.17, 15) is 9.90 Å². The lowest BCUT2D eigenvalue weighted by molar-refractivity contribution is 0.0978. The number of carbonyl (C=O) groups excluding carboxylic acids is 1. The molecule has 13 heavy (non-hydrogen) atoms. The first kappa shape index (κ1) is 9.58. The molecule has 0 aromatic heterocycles. The molecule has 0 amide bonds. The van der Waals surface area contributed by atoms with Crippen molar-refractivity contribution in [3.05, 3.63) is 23.8 Å². The summed E-state index contributed by atoms with van der Waals surface area (Å²) in [7, 11) is 0. The zero-order valence-corrected chi connectivity index (χ0v) is 7.45. The van der Waals surface area contributed by atoms with Crippen LogP contribution in [0.2, 0.25) is 0 Å². The molecule has 0 radical (unpaired) electrons. The van der Waals surface area contributed by atoms with Gasteiger partial charge in [0.25, 0.3) is 0 Å². The molecule has 1 aromatic rings. The van der Waals surface area contributed by atoms with Crippen LogP contribution in [-0.4, -0.2) is 16.0 Å². The van der Waals surface area contributed by atoms with E-state index in [2.05, 4.69) is 0 Å². The number of rotatable bonds is 3. The smallest absolute Gasteiger partial charge is 0.168 e. The van der Waals surface area contributed by atoms with E-state index in [1.165, 1.54) is 18.2 Å². The number of phenolic OH excluding ortho intramolecular Hbond substituents is 2. The standard InChI is InChI=1S/C10H12O3/c1-2-4-8(11)7-5-3-6-9(12)10(7)13/h3,5-6,12-13H,2,4H2,1H3. The highest BCUT2D eigenvalue weighted by atomic mass is 16.3. The van der Waals surface area contributed by atoms with Crippen molar-refractivity contribution in [1.82, 2.24) is 0 Å². The molecule has 1 aromatic carbocycles. The topological polar surface area (TPSA) is 57.5 Å². The third-order valence-corrected chi connectivity index (χ3v) is 1.79. The Hall–Kier alpha value is -1.51. The van der Waals surface area contributed by atoms with Gasteiger partial charge < -0.3 is 10.2 Å². The molecular weight excluding hydrogens is 168 g/mol. The molecule has 0 heterocycles. The summed E-state index contributed by atoms with van der Waals surface area (Å²) < 4.78 is 0. The second-order valence-corrected chi connectivity index (χ2v) is 2.85. The Morgan fingerprint density at radius 2 is 2.08 bits per heavy atom. The van der Waals surface area contributed by atoms with Gasteiger partial charge in [0.05, 0.1) is 5.56 Å². The third-order valence-electron chi connectivity index (χ3n) is 1.79. The van der Waals surface area contributed by atoms with Crippen molar-refractivity contribution in [2.45, 2.75) is 19.8 Å². The lowest BCUT2D eigenvalue weighted by Gasteiger charge is -2.03. The molecule has 1 rings (SSSR count). The molecule has 3 nitrogen and oxygen atoms in total. The van der Waals surface area contributed by atoms with Gasteiger partial charge in [-0.1, -0.05) is 13.0 Å². The van der Waals surface area contributed by atoms with Gasteiger partial charge in [0.15, 0.2) is 17.3 Å². The fourth-order valence-electron chi connectivity index (χ4n) is 1.12. The molecule has 0 aliphatic heterocycles. The van der Waals surface area contributed by atoms with Crippen LogP contribution in [0.3, 0.4) is 0 Å². The highest BCUT2D eigenvalue weighted by Crippen LogP contribution is 2.29. The number of phenols is 2. The van der Waals surface area contributed by atoms with Crippen LogP contribution < -0.4 is 0 Å². The van der Waals surface area contributed by atoms with Crippen molar-refractivity contribution in [3.63, 3.8) is 0 Å². The van der Waals surface area contributed by atoms with Crippen LogP contribution in [0.25, 0.3) is 0 Å². The summed E-state index contributed by atoms with van der Waals surface area (Å²) >= 11 is 0. The molecule has 0 aliphatic rings. The molecule has 0 bridgehead atoms. The van der Waals surface area contributed by atoms with Gasteiger partial charge in [0.2, 0.25) is 0 Å². The van der Waals surface area contributed by atoms with E-state index in [1.807, 2.05) is 6.92 Å². The minimum atomic E-state index is -0.319. The average molecular weight is 180 g/mol. The minimum absolute atomic E-state index is 0.143. The molecule has 0 spiro atoms. The Morgan fingerprint density at radius 1 is 1.38 bits per heavy atom. The van der Waals surface area contributed by atoms with E-state index in [1.54, 1.807) is 0 Å². The van der Waals surface area contributed by atoms with Gasteiger partial charge in [-0.05, 0) is 18.6 Å². The lowest BCUT2D eigenvalue weighted by atomic mass is 10.1. The molecular formula is C10H12O3. The summed E-state index contributed by atoms with van der Waals surface area (Å²) in [5, 5.41) is 18.4. The molecule has 70 valence electrons. The van der Waals surface area contributed by atoms with Crippen molar-refractivity contribution < 1.29 is 15.0 Å². The van der Waals surface area contributed by atoms with Crippen molar-refractivity contribution in [2.24, 2.45) is 0 Å². The summed E-state index contributed by atoms with van der Waals surface area (Å²) in [5.74, 6) is -0.709. The van der Waals surface area contributed by atoms with E-state index in [0.717, 1.165) is 6.42 Å². The molecule has 3 heteroatoms. The molecule has 0 unspecified atom stereocenters. The lowest BCUT2D eigenvalue weighted by Crippen LogP contribution is -1.98. The Labute approximate surface area is 76.6 Å². The summed E-state index contributed by atoms with van der Waals surface area (Å²) in [5.41, 5.74) is 0.196. The first-order chi connectivity index (χ1) is 6.16. The van der Waals surface area contributed by atoms with E-state index in [4.69, 9.17) is 5.11 Å². The Morgan fingerprint density at radius 3 is 2.69 bits per heavy atom. The summed E-state index contributed by atoms with van der Waals surface area (Å²) in [6.45, 7) is 1.89. The van der Waals surface area contributed by atoms with E-state index in [0.29, 0.717) is 6.42 Å². The fraction of sp³-hybridized carbons (Fsp3) is 0.300. The van der Waals surface area contributed by atoms with Crippen LogP contribution in [0.15, 0.2) is 18.2 Å². The first-order valence-corrected chi connectivity index (χ1v) is 4.21. The molecule has 2 N–H and O–H groups in total. The normalized spacial score (nSPS) is 9.92. The largest absolute Gasteiger partial charge is 0.504 e. The number of benzene rings is 1. The highest BCUT2D eigenvalue weighted by Gasteiger charge is 2.12. The van der Waals surface area contributed by atoms with Gasteiger partial charge in [-0.15, -0.1) is 0 Å². The fourth-order valence-corrected chi connectivity index (χ4v) is 1.12. The van der Waals surface area contributed by atoms with Crippen LogP contribution in [0, 0.1) is 0 Å². The monoisotopic (exact) mass is 180 g/mol. The SMILES string of the molecule is CCCC(=O)c1cccc(O)c1O. The minimum Gasteiger partial charge on any atom is -0.504 e. The number of hydrogen-bond donors (Lipinski definition) is 2. The van der Waals surface area contributed by atoms with Crippen molar-refractivity contribution >= 4 is 5.78 Å². The Kier molecular flexibility index (Phi) is 2.90. The predicted octanol–water partition coefficient (Wildman–Crippen LogP) is 2.08. The molecule has 0 fully saturated rings. The van der Waals surface area contributed by atoms with Crippen molar-refractivity contribution in [3.8, 4) is 11.5 Å². The van der Waals surface area contributed by atoms with Gasteiger partial charge >= 0.3 is 0 Å². The van der Waals surface area contributed by atoms with Crippen LogP contribution in [0.4, 0.5) is 0 Å². The maximum absolute atomic E-state index is 11.3. The van der Waals surface area contributed by atoms with Gasteiger partial charge in [-0.2, -0.15) is 0 Å². The maximum atomic E-state index is 11.3. The highest BCUT2D eigenvalue weighted by molar-refractivity contribution is 5.99. The number of ketones is 1. The number of para-hydroxylation sites is 1. The van der Waals surface area contributed by atoms with Crippen LogP contribution in [0.5, 0.6) is 11.5 Å². The average Bonchev–Trinajstić information content (AvgIpc) is 2.10. The zero-order chi connectivity index (χ0) is 9.84. The van der Waals surface area contributed by atoms with Crippen LogP contribution >= 0.6 is 0 Å².